The lowest BCUT2D eigenvalue weighted by molar-refractivity contribution is 0.702. The summed E-state index contributed by atoms with van der Waals surface area (Å²) in [6.45, 7) is 4.63. The highest BCUT2D eigenvalue weighted by Gasteiger charge is 1.95. The molecule has 3 heteroatoms. The number of unbranched alkanes of at least 4 members (excludes halogenated alkanes) is 7. The minimum atomic E-state index is 0.320. The summed E-state index contributed by atoms with van der Waals surface area (Å²) >= 11 is 2.23. The lowest BCUT2D eigenvalue weighted by Gasteiger charge is -2.03. The average Bonchev–Trinajstić information content (AvgIpc) is 2.54. The van der Waals surface area contributed by atoms with Crippen LogP contribution in [0.3, 0.4) is 0 Å². The van der Waals surface area contributed by atoms with Gasteiger partial charge in [-0.2, -0.15) is 11.8 Å². The fourth-order valence-corrected chi connectivity index (χ4v) is 7.77. The van der Waals surface area contributed by atoms with Crippen LogP contribution in [0.15, 0.2) is 0 Å². The van der Waals surface area contributed by atoms with Gasteiger partial charge in [-0.1, -0.05) is 95.8 Å². The van der Waals surface area contributed by atoms with Gasteiger partial charge < -0.3 is 0 Å². The van der Waals surface area contributed by atoms with E-state index >= 15 is 0 Å². The second-order valence-corrected chi connectivity index (χ2v) is 12.4. The van der Waals surface area contributed by atoms with Crippen LogP contribution in [0.25, 0.3) is 0 Å². The fourth-order valence-electron chi connectivity index (χ4n) is 2.95. The highest BCUT2D eigenvalue weighted by Crippen LogP contribution is 2.12. The van der Waals surface area contributed by atoms with Crippen LogP contribution >= 0.6 is 11.8 Å². The number of hydrogen-bond acceptors (Lipinski definition) is 1. The first-order valence-corrected chi connectivity index (χ1v) is 15.6. The maximum Gasteiger partial charge on any atom is 0.0198 e. The van der Waals surface area contributed by atoms with Crippen LogP contribution in [-0.2, 0) is 0 Å². The lowest BCUT2D eigenvalue weighted by Crippen LogP contribution is -1.92. The SMILES string of the molecule is CCCCC[SiH2]CCCCCCSCCC[SiH2]CCCCC. The van der Waals surface area contributed by atoms with E-state index in [1.54, 1.807) is 30.6 Å². The topological polar surface area (TPSA) is 0 Å². The van der Waals surface area contributed by atoms with Crippen LogP contribution in [0.5, 0.6) is 0 Å². The maximum absolute atomic E-state index is 2.31. The predicted molar refractivity (Wildman–Crippen MR) is 116 cm³/mol. The van der Waals surface area contributed by atoms with Gasteiger partial charge >= 0.3 is 0 Å². The standard InChI is InChI=1S/C19H44SSi2/c1-3-5-10-16-21-18-12-8-7-9-14-20-15-13-19-22-17-11-6-4-2/h3-19,21-22H2,1-2H3. The van der Waals surface area contributed by atoms with Gasteiger partial charge in [0.2, 0.25) is 0 Å². The second-order valence-electron chi connectivity index (χ2n) is 6.92. The van der Waals surface area contributed by atoms with Gasteiger partial charge in [-0.25, -0.2) is 0 Å². The third kappa shape index (κ3) is 20.8. The molecule has 0 heterocycles. The normalized spacial score (nSPS) is 12.3. The molecule has 0 spiro atoms. The van der Waals surface area contributed by atoms with Crippen molar-refractivity contribution in [2.24, 2.45) is 0 Å². The zero-order valence-corrected chi connectivity index (χ0v) is 19.5. The first-order valence-electron chi connectivity index (χ1n) is 10.5. The Kier molecular flexibility index (Phi) is 22.6. The molecule has 0 aliphatic heterocycles. The van der Waals surface area contributed by atoms with Crippen LogP contribution in [0.2, 0.25) is 24.2 Å². The molecule has 0 amide bonds. The van der Waals surface area contributed by atoms with Gasteiger partial charge in [0.25, 0.3) is 0 Å². The molecule has 22 heavy (non-hydrogen) atoms. The second kappa shape index (κ2) is 21.8. The summed E-state index contributed by atoms with van der Waals surface area (Å²) < 4.78 is 0. The first-order chi connectivity index (χ1) is 10.9. The molecular formula is C19H44SSi2. The molecule has 0 rings (SSSR count). The molecule has 0 bridgehead atoms. The molecule has 0 nitrogen and oxygen atoms in total. The van der Waals surface area contributed by atoms with Gasteiger partial charge in [0, 0.05) is 19.0 Å². The van der Waals surface area contributed by atoms with Crippen molar-refractivity contribution < 1.29 is 0 Å². The summed E-state index contributed by atoms with van der Waals surface area (Å²) in [5.41, 5.74) is 0. The smallest absolute Gasteiger partial charge is 0.0198 e. The fraction of sp³-hybridized carbons (Fsp3) is 1.00. The van der Waals surface area contributed by atoms with E-state index in [9.17, 15) is 0 Å². The van der Waals surface area contributed by atoms with Crippen LogP contribution in [0.1, 0.15) is 84.5 Å². The zero-order valence-electron chi connectivity index (χ0n) is 15.8. The van der Waals surface area contributed by atoms with Gasteiger partial charge in [-0.05, 0) is 24.3 Å². The van der Waals surface area contributed by atoms with Crippen molar-refractivity contribution >= 4 is 30.8 Å². The molecule has 0 saturated carbocycles. The quantitative estimate of drug-likeness (QED) is 0.199. The minimum absolute atomic E-state index is 0.320. The molecule has 0 aliphatic rings. The Morgan fingerprint density at radius 3 is 1.55 bits per heavy atom. The summed E-state index contributed by atoms with van der Waals surface area (Å²) in [7, 11) is 0.648. The van der Waals surface area contributed by atoms with Gasteiger partial charge in [-0.15, -0.1) is 0 Å². The van der Waals surface area contributed by atoms with Crippen molar-refractivity contribution in [3.8, 4) is 0 Å². The van der Waals surface area contributed by atoms with Crippen LogP contribution in [0.4, 0.5) is 0 Å². The number of rotatable bonds is 19. The third-order valence-corrected chi connectivity index (χ3v) is 9.69. The molecule has 0 aromatic carbocycles. The Morgan fingerprint density at radius 1 is 0.500 bits per heavy atom. The summed E-state index contributed by atoms with van der Waals surface area (Å²) in [5, 5.41) is 0. The Balaban J connectivity index is 2.91. The highest BCUT2D eigenvalue weighted by molar-refractivity contribution is 7.99. The first kappa shape index (κ1) is 22.8. The van der Waals surface area contributed by atoms with Crippen LogP contribution < -0.4 is 0 Å². The maximum atomic E-state index is 2.31. The Bertz CT molecular complexity index is 168. The zero-order chi connectivity index (χ0) is 16.1. The van der Waals surface area contributed by atoms with Crippen molar-refractivity contribution in [2.75, 3.05) is 11.5 Å². The lowest BCUT2D eigenvalue weighted by atomic mass is 10.2. The van der Waals surface area contributed by atoms with E-state index in [2.05, 4.69) is 25.6 Å². The molecule has 0 saturated heterocycles. The average molecular weight is 361 g/mol. The number of hydrogen-bond donors (Lipinski definition) is 0. The van der Waals surface area contributed by atoms with E-state index in [1.165, 1.54) is 75.7 Å². The minimum Gasteiger partial charge on any atom is -0.162 e. The van der Waals surface area contributed by atoms with Crippen molar-refractivity contribution in [1.29, 1.82) is 0 Å². The molecule has 0 N–H and O–H groups in total. The third-order valence-electron chi connectivity index (χ3n) is 4.53. The predicted octanol–water partition coefficient (Wildman–Crippen LogP) is 6.06. The summed E-state index contributed by atoms with van der Waals surface area (Å²) in [6.07, 6.45) is 16.4. The summed E-state index contributed by atoms with van der Waals surface area (Å²) in [5.74, 6) is 2.89. The molecule has 0 unspecified atom stereocenters. The van der Waals surface area contributed by atoms with Gasteiger partial charge in [-0.3, -0.25) is 0 Å². The molecular weight excluding hydrogens is 316 g/mol. The Labute approximate surface area is 151 Å². The van der Waals surface area contributed by atoms with Gasteiger partial charge in [0.1, 0.15) is 0 Å². The van der Waals surface area contributed by atoms with Gasteiger partial charge in [0.15, 0.2) is 0 Å². The van der Waals surface area contributed by atoms with Crippen molar-refractivity contribution in [2.45, 2.75) is 109 Å². The van der Waals surface area contributed by atoms with E-state index in [4.69, 9.17) is 0 Å². The Hall–Kier alpha value is 0.784. The largest absolute Gasteiger partial charge is 0.162 e. The van der Waals surface area contributed by atoms with Crippen LogP contribution in [-0.4, -0.2) is 30.5 Å². The van der Waals surface area contributed by atoms with Gasteiger partial charge in [0.05, 0.1) is 0 Å². The molecule has 0 atom stereocenters. The van der Waals surface area contributed by atoms with Crippen molar-refractivity contribution in [1.82, 2.24) is 0 Å². The summed E-state index contributed by atoms with van der Waals surface area (Å²) in [4.78, 5) is 0. The molecule has 0 radical (unpaired) electrons. The molecule has 134 valence electrons. The van der Waals surface area contributed by atoms with E-state index in [1.807, 2.05) is 0 Å². The van der Waals surface area contributed by atoms with E-state index in [-0.39, 0.29) is 0 Å². The van der Waals surface area contributed by atoms with E-state index < -0.39 is 0 Å². The Morgan fingerprint density at radius 2 is 0.955 bits per heavy atom. The highest BCUT2D eigenvalue weighted by atomic mass is 32.2. The van der Waals surface area contributed by atoms with Crippen molar-refractivity contribution in [3.05, 3.63) is 0 Å². The molecule has 0 aromatic heterocycles. The molecule has 0 aliphatic carbocycles. The molecule has 0 aromatic rings. The van der Waals surface area contributed by atoms with E-state index in [0.29, 0.717) is 19.0 Å². The molecule has 0 fully saturated rings. The van der Waals surface area contributed by atoms with E-state index in [0.717, 1.165) is 0 Å². The summed E-state index contributed by atoms with van der Waals surface area (Å²) in [6, 6.07) is 6.46. The van der Waals surface area contributed by atoms with Crippen molar-refractivity contribution in [3.63, 3.8) is 0 Å². The van der Waals surface area contributed by atoms with Crippen LogP contribution in [0, 0.1) is 0 Å². The monoisotopic (exact) mass is 360 g/mol. The number of thioether (sulfide) groups is 1.